The van der Waals surface area contributed by atoms with Crippen molar-refractivity contribution in [2.75, 3.05) is 7.11 Å². The predicted octanol–water partition coefficient (Wildman–Crippen LogP) is 3.11. The van der Waals surface area contributed by atoms with Gasteiger partial charge in [0.25, 0.3) is 5.56 Å². The van der Waals surface area contributed by atoms with Crippen LogP contribution in [0.1, 0.15) is 10.4 Å². The average Bonchev–Trinajstić information content (AvgIpc) is 2.99. The topological polar surface area (TPSA) is 61.2 Å². The van der Waals surface area contributed by atoms with E-state index in [0.29, 0.717) is 26.0 Å². The molecule has 3 aromatic rings. The van der Waals surface area contributed by atoms with Crippen LogP contribution in [0.4, 0.5) is 0 Å². The molecule has 0 amide bonds. The normalized spacial score (nSPS) is 10.8. The lowest BCUT2D eigenvalue weighted by molar-refractivity contribution is 0.0970. The smallest absolute Gasteiger partial charge is 0.262 e. The lowest BCUT2D eigenvalue weighted by Crippen LogP contribution is -2.24. The van der Waals surface area contributed by atoms with E-state index >= 15 is 0 Å². The van der Waals surface area contributed by atoms with Crippen LogP contribution < -0.4 is 10.3 Å². The summed E-state index contributed by atoms with van der Waals surface area (Å²) >= 11 is 4.75. The fourth-order valence-electron chi connectivity index (χ4n) is 2.09. The highest BCUT2D eigenvalue weighted by molar-refractivity contribution is 9.10. The number of Topliss-reactive ketones (excluding diaryl/α,β-unsaturated/α-hetero) is 1. The van der Waals surface area contributed by atoms with Gasteiger partial charge in [0, 0.05) is 5.56 Å². The fourth-order valence-corrected chi connectivity index (χ4v) is 3.36. The van der Waals surface area contributed by atoms with E-state index < -0.39 is 0 Å². The summed E-state index contributed by atoms with van der Waals surface area (Å²) in [6.07, 6.45) is 1.41. The van der Waals surface area contributed by atoms with Gasteiger partial charge in [0.15, 0.2) is 5.78 Å². The first kappa shape index (κ1) is 14.9. The second-order valence-electron chi connectivity index (χ2n) is 4.59. The zero-order chi connectivity index (χ0) is 15.7. The number of fused-ring (bicyclic) bond motifs is 1. The number of aromatic nitrogens is 2. The molecule has 0 aliphatic rings. The van der Waals surface area contributed by atoms with E-state index in [1.807, 2.05) is 5.38 Å². The molecule has 0 N–H and O–H groups in total. The maximum atomic E-state index is 12.3. The highest BCUT2D eigenvalue weighted by Gasteiger charge is 2.12. The molecule has 0 fully saturated rings. The Kier molecular flexibility index (Phi) is 4.08. The van der Waals surface area contributed by atoms with Crippen molar-refractivity contribution in [2.24, 2.45) is 0 Å². The number of halogens is 1. The van der Waals surface area contributed by atoms with Crippen LogP contribution in [0.3, 0.4) is 0 Å². The molecule has 0 spiro atoms. The highest BCUT2D eigenvalue weighted by atomic mass is 79.9. The first-order chi connectivity index (χ1) is 10.6. The molecule has 0 bridgehead atoms. The molecule has 0 atom stereocenters. The summed E-state index contributed by atoms with van der Waals surface area (Å²) in [7, 11) is 1.56. The van der Waals surface area contributed by atoms with Crippen LogP contribution in [0, 0.1) is 0 Å². The number of hydrogen-bond donors (Lipinski definition) is 0. The number of methoxy groups -OCH3 is 1. The maximum absolute atomic E-state index is 12.3. The lowest BCUT2D eigenvalue weighted by Gasteiger charge is -2.07. The molecule has 1 aromatic carbocycles. The Morgan fingerprint density at radius 3 is 2.95 bits per heavy atom. The zero-order valence-corrected chi connectivity index (χ0v) is 14.0. The third kappa shape index (κ3) is 2.69. The van der Waals surface area contributed by atoms with Crippen molar-refractivity contribution < 1.29 is 9.53 Å². The van der Waals surface area contributed by atoms with Crippen LogP contribution in [0.2, 0.25) is 0 Å². The predicted molar refractivity (Wildman–Crippen MR) is 88.9 cm³/mol. The summed E-state index contributed by atoms with van der Waals surface area (Å²) in [4.78, 5) is 29.5. The third-order valence-corrected chi connectivity index (χ3v) is 4.68. The minimum Gasteiger partial charge on any atom is -0.496 e. The molecule has 0 aliphatic carbocycles. The van der Waals surface area contributed by atoms with Crippen molar-refractivity contribution in [3.63, 3.8) is 0 Å². The molecular weight excluding hydrogens is 368 g/mol. The number of carbonyl (C=O) groups is 1. The van der Waals surface area contributed by atoms with Gasteiger partial charge in [0.2, 0.25) is 0 Å². The van der Waals surface area contributed by atoms with E-state index in [0.717, 1.165) is 0 Å². The minimum atomic E-state index is -0.202. The Morgan fingerprint density at radius 2 is 2.23 bits per heavy atom. The molecular formula is C15H11BrN2O3S. The number of carbonyl (C=O) groups excluding carboxylic acids is 1. The Morgan fingerprint density at radius 1 is 1.41 bits per heavy atom. The van der Waals surface area contributed by atoms with Gasteiger partial charge in [0.1, 0.15) is 10.6 Å². The van der Waals surface area contributed by atoms with Gasteiger partial charge in [-0.3, -0.25) is 14.2 Å². The van der Waals surface area contributed by atoms with E-state index in [4.69, 9.17) is 4.74 Å². The molecule has 0 unspecified atom stereocenters. The van der Waals surface area contributed by atoms with Gasteiger partial charge in [-0.25, -0.2) is 4.98 Å². The van der Waals surface area contributed by atoms with Gasteiger partial charge in [-0.15, -0.1) is 11.3 Å². The minimum absolute atomic E-state index is 0.0452. The molecule has 3 rings (SSSR count). The Balaban J connectivity index is 1.91. The van der Waals surface area contributed by atoms with Crippen molar-refractivity contribution in [1.29, 1.82) is 0 Å². The molecule has 0 radical (unpaired) electrons. The van der Waals surface area contributed by atoms with E-state index in [9.17, 15) is 9.59 Å². The van der Waals surface area contributed by atoms with Crippen molar-refractivity contribution in [1.82, 2.24) is 9.55 Å². The third-order valence-electron chi connectivity index (χ3n) is 3.24. The zero-order valence-electron chi connectivity index (χ0n) is 11.6. The quantitative estimate of drug-likeness (QED) is 0.654. The number of benzene rings is 1. The number of rotatable bonds is 4. The summed E-state index contributed by atoms with van der Waals surface area (Å²) < 4.78 is 7.16. The van der Waals surface area contributed by atoms with Crippen molar-refractivity contribution in [2.45, 2.75) is 6.54 Å². The molecule has 2 heterocycles. The van der Waals surface area contributed by atoms with Gasteiger partial charge < -0.3 is 4.74 Å². The summed E-state index contributed by atoms with van der Waals surface area (Å²) in [6.45, 7) is -0.0452. The number of thiophene rings is 1. The number of hydrogen-bond acceptors (Lipinski definition) is 5. The molecule has 112 valence electrons. The van der Waals surface area contributed by atoms with Crippen LogP contribution in [0.5, 0.6) is 5.75 Å². The lowest BCUT2D eigenvalue weighted by atomic mass is 10.1. The summed E-state index contributed by atoms with van der Waals surface area (Å²) in [5, 5.41) is 2.35. The molecule has 0 aliphatic heterocycles. The maximum Gasteiger partial charge on any atom is 0.262 e. The van der Waals surface area contributed by atoms with Crippen LogP contribution in [-0.4, -0.2) is 22.4 Å². The molecule has 5 nitrogen and oxygen atoms in total. The second-order valence-corrected chi connectivity index (χ2v) is 6.34. The van der Waals surface area contributed by atoms with Gasteiger partial charge >= 0.3 is 0 Å². The molecule has 7 heteroatoms. The second kappa shape index (κ2) is 6.02. The Hall–Kier alpha value is -1.99. The van der Waals surface area contributed by atoms with Gasteiger partial charge in [-0.05, 0) is 45.6 Å². The summed E-state index contributed by atoms with van der Waals surface area (Å²) in [6, 6.07) is 6.79. The van der Waals surface area contributed by atoms with Crippen LogP contribution in [0.15, 0.2) is 45.2 Å². The van der Waals surface area contributed by atoms with Gasteiger partial charge in [-0.1, -0.05) is 0 Å². The standard InChI is InChI=1S/C15H11BrN2O3S/c1-21-13-3-2-9(6-11(13)16)12(19)7-18-8-17-14-10(15(18)20)4-5-22-14/h2-6,8H,7H2,1H3. The number of nitrogens with zero attached hydrogens (tertiary/aromatic N) is 2. The van der Waals surface area contributed by atoms with Crippen molar-refractivity contribution in [3.8, 4) is 5.75 Å². The van der Waals surface area contributed by atoms with Gasteiger partial charge in [0.05, 0.1) is 29.8 Å². The first-order valence-electron chi connectivity index (χ1n) is 6.39. The fraction of sp³-hybridized carbons (Fsp3) is 0.133. The van der Waals surface area contributed by atoms with Crippen molar-refractivity contribution >= 4 is 43.3 Å². The van der Waals surface area contributed by atoms with Gasteiger partial charge in [-0.2, -0.15) is 0 Å². The Labute approximate surface area is 138 Å². The molecule has 0 saturated carbocycles. The van der Waals surface area contributed by atoms with E-state index in [2.05, 4.69) is 20.9 Å². The van der Waals surface area contributed by atoms with Crippen LogP contribution in [-0.2, 0) is 6.54 Å². The number of ether oxygens (including phenoxy) is 1. The number of ketones is 1. The monoisotopic (exact) mass is 378 g/mol. The van der Waals surface area contributed by atoms with E-state index in [1.54, 1.807) is 31.4 Å². The average molecular weight is 379 g/mol. The Bertz CT molecular complexity index is 917. The highest BCUT2D eigenvalue weighted by Crippen LogP contribution is 2.25. The van der Waals surface area contributed by atoms with E-state index in [-0.39, 0.29) is 17.9 Å². The van der Waals surface area contributed by atoms with Crippen molar-refractivity contribution in [3.05, 3.63) is 56.4 Å². The summed E-state index contributed by atoms with van der Waals surface area (Å²) in [5.74, 6) is 0.483. The molecule has 0 saturated heterocycles. The van der Waals surface area contributed by atoms with E-state index in [1.165, 1.54) is 22.2 Å². The molecule has 2 aromatic heterocycles. The van der Waals surface area contributed by atoms with Crippen LogP contribution >= 0.6 is 27.3 Å². The first-order valence-corrected chi connectivity index (χ1v) is 8.07. The molecule has 22 heavy (non-hydrogen) atoms. The SMILES string of the molecule is COc1ccc(C(=O)Cn2cnc3sccc3c2=O)cc1Br. The summed E-state index contributed by atoms with van der Waals surface area (Å²) in [5.41, 5.74) is 0.303. The van der Waals surface area contributed by atoms with Crippen LogP contribution in [0.25, 0.3) is 10.2 Å². The largest absolute Gasteiger partial charge is 0.496 e.